The molecule has 0 radical (unpaired) electrons. The summed E-state index contributed by atoms with van der Waals surface area (Å²) in [6, 6.07) is 15.9. The number of anilines is 2. The lowest BCUT2D eigenvalue weighted by atomic mass is 10.2. The van der Waals surface area contributed by atoms with Crippen molar-refractivity contribution in [2.75, 3.05) is 31.5 Å². The second-order valence-corrected chi connectivity index (χ2v) is 10.3. The molecule has 0 saturated heterocycles. The molecule has 3 aromatic carbocycles. The molecule has 41 heavy (non-hydrogen) atoms. The van der Waals surface area contributed by atoms with Crippen molar-refractivity contribution in [3.8, 4) is 17.2 Å². The van der Waals surface area contributed by atoms with Crippen LogP contribution < -0.4 is 24.4 Å². The van der Waals surface area contributed by atoms with Gasteiger partial charge in [-0.3, -0.25) is 24.6 Å². The number of non-ortho nitro benzene ring substituents is 1. The van der Waals surface area contributed by atoms with Crippen molar-refractivity contribution in [3.63, 3.8) is 0 Å². The van der Waals surface area contributed by atoms with Crippen LogP contribution in [0, 0.1) is 10.1 Å². The van der Waals surface area contributed by atoms with E-state index in [1.54, 1.807) is 62.6 Å². The summed E-state index contributed by atoms with van der Waals surface area (Å²) in [6.07, 6.45) is 1.63. The van der Waals surface area contributed by atoms with E-state index in [1.165, 1.54) is 37.3 Å². The van der Waals surface area contributed by atoms with Crippen molar-refractivity contribution < 1.29 is 28.7 Å². The van der Waals surface area contributed by atoms with E-state index in [4.69, 9.17) is 25.8 Å². The standard InChI is InChI=1S/C28H25ClN4O7S/c1-16(26(34)30-22-14-19(33(36)37)8-12-24(22)39-3)41-28-31-23(13-17-5-9-20(38-2)10-6-17)27(35)32(28)18-7-11-21(29)25(15-18)40-4/h5-16H,1-4H3,(H,30,34). The third-order valence-corrected chi connectivity index (χ3v) is 7.31. The van der Waals surface area contributed by atoms with Gasteiger partial charge in [-0.15, -0.1) is 0 Å². The number of hydrogen-bond acceptors (Lipinski definition) is 9. The molecule has 1 atom stereocenters. The fourth-order valence-electron chi connectivity index (χ4n) is 3.80. The summed E-state index contributed by atoms with van der Waals surface area (Å²) >= 11 is 7.24. The van der Waals surface area contributed by atoms with Crippen LogP contribution in [0.1, 0.15) is 12.5 Å². The third-order valence-electron chi connectivity index (χ3n) is 5.94. The first-order valence-electron chi connectivity index (χ1n) is 12.1. The highest BCUT2D eigenvalue weighted by Crippen LogP contribution is 2.36. The maximum Gasteiger partial charge on any atom is 0.283 e. The number of amidine groups is 1. The minimum absolute atomic E-state index is 0.142. The van der Waals surface area contributed by atoms with Crippen molar-refractivity contribution >= 4 is 63.5 Å². The lowest BCUT2D eigenvalue weighted by Crippen LogP contribution is -2.33. The molecule has 1 unspecified atom stereocenters. The van der Waals surface area contributed by atoms with E-state index in [0.717, 1.165) is 17.3 Å². The van der Waals surface area contributed by atoms with Crippen LogP contribution in [0.4, 0.5) is 17.1 Å². The Hall–Kier alpha value is -4.55. The van der Waals surface area contributed by atoms with Crippen molar-refractivity contribution in [1.29, 1.82) is 0 Å². The Morgan fingerprint density at radius 3 is 2.39 bits per heavy atom. The summed E-state index contributed by atoms with van der Waals surface area (Å²) in [6.45, 7) is 1.63. The number of aliphatic imine (C=N–C) groups is 1. The Morgan fingerprint density at radius 2 is 1.76 bits per heavy atom. The van der Waals surface area contributed by atoms with Crippen molar-refractivity contribution in [3.05, 3.63) is 87.1 Å². The Bertz CT molecular complexity index is 1560. The highest BCUT2D eigenvalue weighted by molar-refractivity contribution is 8.15. The maximum atomic E-state index is 13.6. The number of carbonyl (C=O) groups excluding carboxylic acids is 2. The lowest BCUT2D eigenvalue weighted by molar-refractivity contribution is -0.384. The lowest BCUT2D eigenvalue weighted by Gasteiger charge is -2.21. The monoisotopic (exact) mass is 596 g/mol. The first-order valence-corrected chi connectivity index (χ1v) is 13.3. The molecule has 1 heterocycles. The molecule has 1 aliphatic rings. The number of halogens is 1. The average Bonchev–Trinajstić information content (AvgIpc) is 3.27. The number of hydrogen-bond donors (Lipinski definition) is 1. The number of benzene rings is 3. The number of nitro groups is 1. The van der Waals surface area contributed by atoms with Crippen LogP contribution in [0.15, 0.2) is 71.4 Å². The normalized spacial score (nSPS) is 14.5. The first kappa shape index (κ1) is 29.4. The molecule has 0 saturated carbocycles. The highest BCUT2D eigenvalue weighted by atomic mass is 35.5. The fourth-order valence-corrected chi connectivity index (χ4v) is 4.92. The molecule has 212 valence electrons. The first-order chi connectivity index (χ1) is 19.6. The molecule has 0 fully saturated rings. The molecular weight excluding hydrogens is 572 g/mol. The predicted molar refractivity (Wildman–Crippen MR) is 159 cm³/mol. The van der Waals surface area contributed by atoms with Gasteiger partial charge in [0, 0.05) is 18.2 Å². The summed E-state index contributed by atoms with van der Waals surface area (Å²) in [5.74, 6) is 0.386. The molecule has 0 aliphatic carbocycles. The van der Waals surface area contributed by atoms with Gasteiger partial charge in [0.05, 0.1) is 47.9 Å². The highest BCUT2D eigenvalue weighted by Gasteiger charge is 2.35. The molecular formula is C28H25ClN4O7S. The molecule has 1 aliphatic heterocycles. The number of nitrogens with zero attached hydrogens (tertiary/aromatic N) is 3. The van der Waals surface area contributed by atoms with Gasteiger partial charge in [-0.1, -0.05) is 35.5 Å². The number of rotatable bonds is 9. The van der Waals surface area contributed by atoms with Crippen LogP contribution in [0.2, 0.25) is 5.02 Å². The SMILES string of the molecule is COc1ccc(C=C2N=C(SC(C)C(=O)Nc3cc([N+](=O)[O-])ccc3OC)N(c3ccc(Cl)c(OC)c3)C2=O)cc1. The Kier molecular flexibility index (Phi) is 9.15. The van der Waals surface area contributed by atoms with Crippen molar-refractivity contribution in [2.24, 2.45) is 4.99 Å². The summed E-state index contributed by atoms with van der Waals surface area (Å²) in [5.41, 5.74) is 1.25. The predicted octanol–water partition coefficient (Wildman–Crippen LogP) is 5.78. The molecule has 11 nitrogen and oxygen atoms in total. The molecule has 3 aromatic rings. The van der Waals surface area contributed by atoms with E-state index in [2.05, 4.69) is 10.3 Å². The molecule has 4 rings (SSSR count). The number of amides is 2. The van der Waals surface area contributed by atoms with Crippen LogP contribution in [0.25, 0.3) is 6.08 Å². The summed E-state index contributed by atoms with van der Waals surface area (Å²) in [4.78, 5) is 43.4. The van der Waals surface area contributed by atoms with E-state index < -0.39 is 22.0 Å². The number of methoxy groups -OCH3 is 3. The van der Waals surface area contributed by atoms with Gasteiger partial charge >= 0.3 is 0 Å². The number of carbonyl (C=O) groups is 2. The Labute approximate surface area is 244 Å². The number of thioether (sulfide) groups is 1. The van der Waals surface area contributed by atoms with E-state index in [9.17, 15) is 19.7 Å². The fraction of sp³-hybridized carbons (Fsp3) is 0.179. The van der Waals surface area contributed by atoms with Crippen LogP contribution in [0.5, 0.6) is 17.2 Å². The zero-order valence-corrected chi connectivity index (χ0v) is 24.0. The third kappa shape index (κ3) is 6.61. The zero-order chi connectivity index (χ0) is 29.7. The van der Waals surface area contributed by atoms with E-state index in [1.807, 2.05) is 0 Å². The van der Waals surface area contributed by atoms with E-state index in [-0.39, 0.29) is 28.0 Å². The number of ether oxygens (including phenoxy) is 3. The quantitative estimate of drug-likeness (QED) is 0.187. The summed E-state index contributed by atoms with van der Waals surface area (Å²) < 4.78 is 15.8. The van der Waals surface area contributed by atoms with Crippen LogP contribution in [0.3, 0.4) is 0 Å². The largest absolute Gasteiger partial charge is 0.497 e. The summed E-state index contributed by atoms with van der Waals surface area (Å²) in [7, 11) is 4.42. The minimum atomic E-state index is -0.775. The molecule has 1 N–H and O–H groups in total. The second kappa shape index (κ2) is 12.7. The molecule has 0 bridgehead atoms. The van der Waals surface area contributed by atoms with Crippen LogP contribution in [-0.2, 0) is 9.59 Å². The van der Waals surface area contributed by atoms with E-state index in [0.29, 0.717) is 22.2 Å². The minimum Gasteiger partial charge on any atom is -0.497 e. The molecule has 0 aromatic heterocycles. The maximum absolute atomic E-state index is 13.6. The van der Waals surface area contributed by atoms with Gasteiger partial charge in [-0.25, -0.2) is 4.99 Å². The van der Waals surface area contributed by atoms with Crippen LogP contribution in [-0.4, -0.2) is 48.5 Å². The van der Waals surface area contributed by atoms with Crippen molar-refractivity contribution in [2.45, 2.75) is 12.2 Å². The van der Waals surface area contributed by atoms with Gasteiger partial charge < -0.3 is 19.5 Å². The summed E-state index contributed by atoms with van der Waals surface area (Å²) in [5, 5.41) is 13.7. The molecule has 13 heteroatoms. The average molecular weight is 597 g/mol. The van der Waals surface area contributed by atoms with E-state index >= 15 is 0 Å². The molecule has 2 amide bonds. The van der Waals surface area contributed by atoms with Gasteiger partial charge in [0.2, 0.25) is 5.91 Å². The van der Waals surface area contributed by atoms with Gasteiger partial charge in [0.25, 0.3) is 11.6 Å². The van der Waals surface area contributed by atoms with Crippen molar-refractivity contribution in [1.82, 2.24) is 0 Å². The smallest absolute Gasteiger partial charge is 0.283 e. The van der Waals surface area contributed by atoms with Gasteiger partial charge in [-0.2, -0.15) is 0 Å². The van der Waals surface area contributed by atoms with Gasteiger partial charge in [0.1, 0.15) is 22.9 Å². The zero-order valence-electron chi connectivity index (χ0n) is 22.4. The van der Waals surface area contributed by atoms with Gasteiger partial charge in [-0.05, 0) is 48.9 Å². The van der Waals surface area contributed by atoms with Gasteiger partial charge in [0.15, 0.2) is 5.17 Å². The topological polar surface area (TPSA) is 133 Å². The molecule has 0 spiro atoms. The second-order valence-electron chi connectivity index (χ2n) is 8.55. The number of nitro benzene ring substituents is 1. The van der Waals surface area contributed by atoms with Crippen LogP contribution >= 0.6 is 23.4 Å². The number of nitrogens with one attached hydrogen (secondary N) is 1. The Balaban J connectivity index is 1.65. The Morgan fingerprint density at radius 1 is 1.05 bits per heavy atom.